The number of pyridine rings is 1. The van der Waals surface area contributed by atoms with Crippen LogP contribution in [0, 0.1) is 0 Å². The van der Waals surface area contributed by atoms with E-state index in [9.17, 15) is 4.79 Å². The second-order valence-electron chi connectivity index (χ2n) is 6.53. The summed E-state index contributed by atoms with van der Waals surface area (Å²) in [5, 5.41) is 8.41. The summed E-state index contributed by atoms with van der Waals surface area (Å²) in [4.78, 5) is 18.7. The molecular formula is C20H21N5O3. The summed E-state index contributed by atoms with van der Waals surface area (Å²) < 4.78 is 12.8. The van der Waals surface area contributed by atoms with E-state index >= 15 is 0 Å². The molecule has 3 heterocycles. The predicted octanol–water partition coefficient (Wildman–Crippen LogP) is 1.85. The molecule has 1 aliphatic heterocycles. The lowest BCUT2D eigenvalue weighted by Gasteiger charge is -2.28. The average Bonchev–Trinajstić information content (AvgIpc) is 3.15. The highest BCUT2D eigenvalue weighted by Crippen LogP contribution is 2.19. The molecule has 0 unspecified atom stereocenters. The third-order valence-electron chi connectivity index (χ3n) is 4.69. The molecular weight excluding hydrogens is 358 g/mol. The minimum Gasteiger partial charge on any atom is -0.497 e. The van der Waals surface area contributed by atoms with Gasteiger partial charge in [0.05, 0.1) is 38.5 Å². The third kappa shape index (κ3) is 3.95. The van der Waals surface area contributed by atoms with E-state index in [1.165, 1.54) is 0 Å². The number of aromatic nitrogens is 4. The molecule has 0 N–H and O–H groups in total. The molecule has 144 valence electrons. The molecule has 0 bridgehead atoms. The summed E-state index contributed by atoms with van der Waals surface area (Å²) >= 11 is 0. The fourth-order valence-electron chi connectivity index (χ4n) is 3.17. The van der Waals surface area contributed by atoms with Crippen LogP contribution in [-0.4, -0.2) is 44.4 Å². The van der Waals surface area contributed by atoms with Gasteiger partial charge in [0.2, 0.25) is 5.91 Å². The Bertz CT molecular complexity index is 957. The molecule has 0 spiro atoms. The van der Waals surface area contributed by atoms with Gasteiger partial charge in [-0.05, 0) is 29.8 Å². The molecule has 1 aromatic carbocycles. The van der Waals surface area contributed by atoms with Gasteiger partial charge in [-0.2, -0.15) is 0 Å². The number of rotatable bonds is 6. The molecule has 2 aromatic heterocycles. The molecule has 0 aliphatic carbocycles. The number of nitrogens with zero attached hydrogens (tertiary/aromatic N) is 5. The highest BCUT2D eigenvalue weighted by atomic mass is 16.5. The third-order valence-corrected chi connectivity index (χ3v) is 4.69. The van der Waals surface area contributed by atoms with Gasteiger partial charge in [0, 0.05) is 12.7 Å². The zero-order valence-corrected chi connectivity index (χ0v) is 15.6. The number of methoxy groups -OCH3 is 1. The molecule has 8 heteroatoms. The van der Waals surface area contributed by atoms with E-state index in [-0.39, 0.29) is 5.91 Å². The standard InChI is InChI=1S/C20H21N5O3/c1-27-16-5-2-4-15(10-16)11-20(26)24-8-9-25-19(13-24)18(22-23-25)14-28-17-6-3-7-21-12-17/h2-7,10,12H,8-9,11,13-14H2,1H3. The van der Waals surface area contributed by atoms with Gasteiger partial charge in [-0.25, -0.2) is 4.68 Å². The van der Waals surface area contributed by atoms with E-state index in [1.807, 2.05) is 46.0 Å². The van der Waals surface area contributed by atoms with Crippen LogP contribution in [0.5, 0.6) is 11.5 Å². The zero-order valence-electron chi connectivity index (χ0n) is 15.6. The average molecular weight is 379 g/mol. The number of carbonyl (C=O) groups is 1. The number of hydrogen-bond donors (Lipinski definition) is 0. The Labute approximate surface area is 162 Å². The summed E-state index contributed by atoms with van der Waals surface area (Å²) in [6, 6.07) is 11.2. The van der Waals surface area contributed by atoms with E-state index in [0.717, 1.165) is 22.7 Å². The van der Waals surface area contributed by atoms with Crippen molar-refractivity contribution in [2.75, 3.05) is 13.7 Å². The fraction of sp³-hybridized carbons (Fsp3) is 0.300. The maximum atomic E-state index is 12.8. The second-order valence-corrected chi connectivity index (χ2v) is 6.53. The SMILES string of the molecule is COc1cccc(CC(=O)N2CCn3nnc(COc4cccnc4)c3C2)c1. The van der Waals surface area contributed by atoms with Gasteiger partial charge >= 0.3 is 0 Å². The van der Waals surface area contributed by atoms with E-state index in [0.29, 0.717) is 38.4 Å². The summed E-state index contributed by atoms with van der Waals surface area (Å²) in [5.41, 5.74) is 2.58. The van der Waals surface area contributed by atoms with Gasteiger partial charge in [-0.15, -0.1) is 5.10 Å². The van der Waals surface area contributed by atoms with Crippen molar-refractivity contribution < 1.29 is 14.3 Å². The van der Waals surface area contributed by atoms with Gasteiger partial charge < -0.3 is 14.4 Å². The molecule has 28 heavy (non-hydrogen) atoms. The first kappa shape index (κ1) is 18.0. The number of amides is 1. The van der Waals surface area contributed by atoms with Crippen LogP contribution in [0.4, 0.5) is 0 Å². The van der Waals surface area contributed by atoms with Crippen LogP contribution in [0.2, 0.25) is 0 Å². The van der Waals surface area contributed by atoms with E-state index in [1.54, 1.807) is 19.5 Å². The van der Waals surface area contributed by atoms with Gasteiger partial charge in [-0.1, -0.05) is 17.3 Å². The number of benzene rings is 1. The summed E-state index contributed by atoms with van der Waals surface area (Å²) in [5.74, 6) is 1.49. The lowest BCUT2D eigenvalue weighted by Crippen LogP contribution is -2.39. The Morgan fingerprint density at radius 1 is 1.18 bits per heavy atom. The molecule has 0 saturated carbocycles. The topological polar surface area (TPSA) is 82.4 Å². The molecule has 8 nitrogen and oxygen atoms in total. The minimum atomic E-state index is 0.0693. The number of carbonyl (C=O) groups excluding carboxylic acids is 1. The molecule has 3 aromatic rings. The van der Waals surface area contributed by atoms with Crippen molar-refractivity contribution in [2.45, 2.75) is 26.1 Å². The molecule has 0 atom stereocenters. The molecule has 4 rings (SSSR count). The maximum absolute atomic E-state index is 12.8. The van der Waals surface area contributed by atoms with Crippen LogP contribution in [0.1, 0.15) is 17.0 Å². The Kier molecular flexibility index (Phi) is 5.18. The maximum Gasteiger partial charge on any atom is 0.227 e. The van der Waals surface area contributed by atoms with Gasteiger partial charge in [0.1, 0.15) is 23.8 Å². The lowest BCUT2D eigenvalue weighted by atomic mass is 10.1. The van der Waals surface area contributed by atoms with Crippen molar-refractivity contribution in [3.63, 3.8) is 0 Å². The van der Waals surface area contributed by atoms with Crippen LogP contribution in [0.3, 0.4) is 0 Å². The van der Waals surface area contributed by atoms with Gasteiger partial charge in [0.25, 0.3) is 0 Å². The molecule has 0 radical (unpaired) electrons. The van der Waals surface area contributed by atoms with Crippen molar-refractivity contribution in [1.29, 1.82) is 0 Å². The normalized spacial score (nSPS) is 13.1. The molecule has 1 amide bonds. The Morgan fingerprint density at radius 3 is 2.89 bits per heavy atom. The van der Waals surface area contributed by atoms with Crippen LogP contribution in [-0.2, 0) is 30.9 Å². The quantitative estimate of drug-likeness (QED) is 0.650. The second kappa shape index (κ2) is 8.08. The van der Waals surface area contributed by atoms with E-state index in [2.05, 4.69) is 15.3 Å². The minimum absolute atomic E-state index is 0.0693. The fourth-order valence-corrected chi connectivity index (χ4v) is 3.17. The Hall–Kier alpha value is -3.42. The predicted molar refractivity (Wildman–Crippen MR) is 101 cm³/mol. The van der Waals surface area contributed by atoms with Gasteiger partial charge in [-0.3, -0.25) is 9.78 Å². The Balaban J connectivity index is 1.42. The van der Waals surface area contributed by atoms with Crippen molar-refractivity contribution in [3.05, 3.63) is 65.7 Å². The first-order valence-corrected chi connectivity index (χ1v) is 9.07. The van der Waals surface area contributed by atoms with E-state index in [4.69, 9.17) is 9.47 Å². The smallest absolute Gasteiger partial charge is 0.227 e. The molecule has 1 aliphatic rings. The number of fused-ring (bicyclic) bond motifs is 1. The van der Waals surface area contributed by atoms with Crippen molar-refractivity contribution >= 4 is 5.91 Å². The van der Waals surface area contributed by atoms with Crippen LogP contribution < -0.4 is 9.47 Å². The van der Waals surface area contributed by atoms with Crippen LogP contribution in [0.25, 0.3) is 0 Å². The monoisotopic (exact) mass is 379 g/mol. The highest BCUT2D eigenvalue weighted by Gasteiger charge is 2.25. The first-order valence-electron chi connectivity index (χ1n) is 9.07. The van der Waals surface area contributed by atoms with Crippen molar-refractivity contribution in [3.8, 4) is 11.5 Å². The zero-order chi connectivity index (χ0) is 19.3. The molecule has 0 fully saturated rings. The van der Waals surface area contributed by atoms with Crippen molar-refractivity contribution in [2.24, 2.45) is 0 Å². The molecule has 0 saturated heterocycles. The summed E-state index contributed by atoms with van der Waals surface area (Å²) in [6.45, 7) is 2.00. The number of hydrogen-bond acceptors (Lipinski definition) is 6. The summed E-state index contributed by atoms with van der Waals surface area (Å²) in [7, 11) is 1.62. The number of ether oxygens (including phenoxy) is 2. The first-order chi connectivity index (χ1) is 13.7. The van der Waals surface area contributed by atoms with Gasteiger partial charge in [0.15, 0.2) is 0 Å². The van der Waals surface area contributed by atoms with Crippen molar-refractivity contribution in [1.82, 2.24) is 24.9 Å². The van der Waals surface area contributed by atoms with Crippen LogP contribution in [0.15, 0.2) is 48.8 Å². The Morgan fingerprint density at radius 2 is 2.07 bits per heavy atom. The summed E-state index contributed by atoms with van der Waals surface area (Å²) in [6.07, 6.45) is 3.68. The van der Waals surface area contributed by atoms with Crippen LogP contribution >= 0.6 is 0 Å². The lowest BCUT2D eigenvalue weighted by molar-refractivity contribution is -0.132. The highest BCUT2D eigenvalue weighted by molar-refractivity contribution is 5.79. The van der Waals surface area contributed by atoms with E-state index < -0.39 is 0 Å². The largest absolute Gasteiger partial charge is 0.497 e.